The number of benzene rings is 2. The molecule has 0 fully saturated rings. The summed E-state index contributed by atoms with van der Waals surface area (Å²) in [5.41, 5.74) is 2.98. The summed E-state index contributed by atoms with van der Waals surface area (Å²) in [6.45, 7) is 2.12. The highest BCUT2D eigenvalue weighted by Gasteiger charge is 2.16. The monoisotopic (exact) mass is 419 g/mol. The SMILES string of the molecule is Cc1nc2cc(C(=O)OCC(=O)N(C)Cc3cccs3)ccc2n1-c1ccccc1. The molecule has 1 amide bonds. The third kappa shape index (κ3) is 4.11. The molecule has 4 rings (SSSR count). The van der Waals surface area contributed by atoms with Crippen LogP contribution in [0.15, 0.2) is 66.0 Å². The van der Waals surface area contributed by atoms with E-state index in [1.165, 1.54) is 0 Å². The third-order valence-corrected chi connectivity index (χ3v) is 5.66. The lowest BCUT2D eigenvalue weighted by Gasteiger charge is -2.16. The van der Waals surface area contributed by atoms with Crippen molar-refractivity contribution in [3.63, 3.8) is 0 Å². The van der Waals surface area contributed by atoms with Gasteiger partial charge in [-0.1, -0.05) is 24.3 Å². The highest BCUT2D eigenvalue weighted by atomic mass is 32.1. The summed E-state index contributed by atoms with van der Waals surface area (Å²) in [6.07, 6.45) is 0. The summed E-state index contributed by atoms with van der Waals surface area (Å²) in [5.74, 6) is 0.0378. The Labute approximate surface area is 178 Å². The second-order valence-corrected chi connectivity index (χ2v) is 7.97. The number of fused-ring (bicyclic) bond motifs is 1. The molecule has 0 aliphatic heterocycles. The van der Waals surface area contributed by atoms with Crippen LogP contribution in [0.5, 0.6) is 0 Å². The van der Waals surface area contributed by atoms with Crippen molar-refractivity contribution in [2.24, 2.45) is 0 Å². The van der Waals surface area contributed by atoms with Crippen LogP contribution in [-0.4, -0.2) is 40.0 Å². The number of thiophene rings is 1. The molecule has 0 unspecified atom stereocenters. The second-order valence-electron chi connectivity index (χ2n) is 6.94. The first-order chi connectivity index (χ1) is 14.5. The van der Waals surface area contributed by atoms with E-state index in [-0.39, 0.29) is 12.5 Å². The van der Waals surface area contributed by atoms with Crippen molar-refractivity contribution in [1.29, 1.82) is 0 Å². The quantitative estimate of drug-likeness (QED) is 0.439. The zero-order valence-electron chi connectivity index (χ0n) is 16.7. The molecule has 4 aromatic rings. The Hall–Kier alpha value is -3.45. The molecular weight excluding hydrogens is 398 g/mol. The Balaban J connectivity index is 1.45. The number of hydrogen-bond acceptors (Lipinski definition) is 5. The molecule has 0 atom stereocenters. The maximum absolute atomic E-state index is 12.5. The Morgan fingerprint density at radius 2 is 1.90 bits per heavy atom. The van der Waals surface area contributed by atoms with Crippen LogP contribution in [-0.2, 0) is 16.1 Å². The molecule has 0 saturated heterocycles. The number of carbonyl (C=O) groups excluding carboxylic acids is 2. The van der Waals surface area contributed by atoms with E-state index < -0.39 is 5.97 Å². The van der Waals surface area contributed by atoms with Crippen LogP contribution in [0.25, 0.3) is 16.7 Å². The molecule has 0 aliphatic rings. The van der Waals surface area contributed by atoms with Gasteiger partial charge in [0.25, 0.3) is 5.91 Å². The Kier molecular flexibility index (Phi) is 5.63. The van der Waals surface area contributed by atoms with E-state index in [1.807, 2.05) is 65.4 Å². The van der Waals surface area contributed by atoms with Gasteiger partial charge in [-0.15, -0.1) is 11.3 Å². The molecule has 152 valence electrons. The van der Waals surface area contributed by atoms with E-state index in [9.17, 15) is 9.59 Å². The molecule has 2 aromatic carbocycles. The topological polar surface area (TPSA) is 64.4 Å². The van der Waals surface area contributed by atoms with Crippen LogP contribution in [0.1, 0.15) is 21.1 Å². The number of rotatable bonds is 6. The number of hydrogen-bond donors (Lipinski definition) is 0. The van der Waals surface area contributed by atoms with Crippen LogP contribution in [0.3, 0.4) is 0 Å². The van der Waals surface area contributed by atoms with Gasteiger partial charge >= 0.3 is 5.97 Å². The van der Waals surface area contributed by atoms with Gasteiger partial charge in [-0.3, -0.25) is 9.36 Å². The number of amides is 1. The fraction of sp³-hybridized carbons (Fsp3) is 0.174. The number of aromatic nitrogens is 2. The number of esters is 1. The summed E-state index contributed by atoms with van der Waals surface area (Å²) in [7, 11) is 1.70. The fourth-order valence-corrected chi connectivity index (χ4v) is 4.03. The van der Waals surface area contributed by atoms with Gasteiger partial charge in [-0.25, -0.2) is 9.78 Å². The molecule has 0 spiro atoms. The molecule has 6 nitrogen and oxygen atoms in total. The van der Waals surface area contributed by atoms with Gasteiger partial charge in [0.15, 0.2) is 6.61 Å². The van der Waals surface area contributed by atoms with Crippen molar-refractivity contribution >= 4 is 34.2 Å². The number of para-hydroxylation sites is 1. The summed E-state index contributed by atoms with van der Waals surface area (Å²) >= 11 is 1.58. The van der Waals surface area contributed by atoms with Gasteiger partial charge in [0.1, 0.15) is 5.82 Å². The maximum Gasteiger partial charge on any atom is 0.338 e. The number of nitrogens with zero attached hydrogens (tertiary/aromatic N) is 3. The first-order valence-corrected chi connectivity index (χ1v) is 10.4. The van der Waals surface area contributed by atoms with Gasteiger partial charge in [0.2, 0.25) is 0 Å². The number of imidazole rings is 1. The third-order valence-electron chi connectivity index (χ3n) is 4.80. The van der Waals surface area contributed by atoms with Crippen molar-refractivity contribution in [1.82, 2.24) is 14.5 Å². The normalized spacial score (nSPS) is 10.9. The van der Waals surface area contributed by atoms with Crippen LogP contribution in [0.2, 0.25) is 0 Å². The minimum absolute atomic E-state index is 0.248. The average Bonchev–Trinajstić information content (AvgIpc) is 3.38. The predicted molar refractivity (Wildman–Crippen MR) is 117 cm³/mol. The van der Waals surface area contributed by atoms with Crippen molar-refractivity contribution < 1.29 is 14.3 Å². The number of ether oxygens (including phenoxy) is 1. The highest BCUT2D eigenvalue weighted by molar-refractivity contribution is 7.09. The molecule has 0 N–H and O–H groups in total. The Morgan fingerprint density at radius 3 is 2.63 bits per heavy atom. The van der Waals surface area contributed by atoms with E-state index in [1.54, 1.807) is 35.4 Å². The maximum atomic E-state index is 12.5. The minimum Gasteiger partial charge on any atom is -0.452 e. The van der Waals surface area contributed by atoms with Gasteiger partial charge < -0.3 is 9.64 Å². The molecule has 0 radical (unpaired) electrons. The van der Waals surface area contributed by atoms with Crippen LogP contribution >= 0.6 is 11.3 Å². The molecule has 2 heterocycles. The summed E-state index contributed by atoms with van der Waals surface area (Å²) < 4.78 is 7.27. The Bertz CT molecular complexity index is 1180. The standard InChI is InChI=1S/C23H21N3O3S/c1-16-24-20-13-17(10-11-21(20)26(16)18-7-4-3-5-8-18)23(28)29-15-22(27)25(2)14-19-9-6-12-30-19/h3-13H,14-15H2,1-2H3. The molecule has 30 heavy (non-hydrogen) atoms. The molecule has 0 bridgehead atoms. The van der Waals surface area contributed by atoms with E-state index in [4.69, 9.17) is 4.74 Å². The second kappa shape index (κ2) is 8.51. The lowest BCUT2D eigenvalue weighted by atomic mass is 10.2. The lowest BCUT2D eigenvalue weighted by Crippen LogP contribution is -2.30. The number of carbonyl (C=O) groups is 2. The van der Waals surface area contributed by atoms with Crippen molar-refractivity contribution in [3.8, 4) is 5.69 Å². The van der Waals surface area contributed by atoms with Crippen LogP contribution in [0.4, 0.5) is 0 Å². The highest BCUT2D eigenvalue weighted by Crippen LogP contribution is 2.22. The number of likely N-dealkylation sites (N-methyl/N-ethyl adjacent to an activating group) is 1. The van der Waals surface area contributed by atoms with Gasteiger partial charge in [-0.2, -0.15) is 0 Å². The first kappa shape index (κ1) is 19.8. The Morgan fingerprint density at radius 1 is 1.10 bits per heavy atom. The summed E-state index contributed by atoms with van der Waals surface area (Å²) in [6, 6.07) is 19.1. The minimum atomic E-state index is -0.540. The van der Waals surface area contributed by atoms with Crippen molar-refractivity contribution in [3.05, 3.63) is 82.3 Å². The zero-order valence-corrected chi connectivity index (χ0v) is 17.6. The largest absolute Gasteiger partial charge is 0.452 e. The first-order valence-electron chi connectivity index (χ1n) is 9.51. The number of aryl methyl sites for hydroxylation is 1. The summed E-state index contributed by atoms with van der Waals surface area (Å²) in [5, 5.41) is 1.96. The fourth-order valence-electron chi connectivity index (χ4n) is 3.28. The van der Waals surface area contributed by atoms with Crippen LogP contribution in [0, 0.1) is 6.92 Å². The van der Waals surface area contributed by atoms with Gasteiger partial charge in [0, 0.05) is 17.6 Å². The molecule has 0 aliphatic carbocycles. The van der Waals surface area contributed by atoms with E-state index in [2.05, 4.69) is 4.98 Å². The van der Waals surface area contributed by atoms with Crippen LogP contribution < -0.4 is 0 Å². The molecule has 0 saturated carbocycles. The summed E-state index contributed by atoms with van der Waals surface area (Å²) in [4.78, 5) is 31.9. The zero-order chi connectivity index (χ0) is 21.1. The molecular formula is C23H21N3O3S. The lowest BCUT2D eigenvalue weighted by molar-refractivity contribution is -0.133. The predicted octanol–water partition coefficient (Wildman–Crippen LogP) is 4.21. The van der Waals surface area contributed by atoms with Gasteiger partial charge in [0.05, 0.1) is 23.1 Å². The van der Waals surface area contributed by atoms with E-state index in [0.717, 1.165) is 21.9 Å². The van der Waals surface area contributed by atoms with Gasteiger partial charge in [-0.05, 0) is 48.7 Å². The van der Waals surface area contributed by atoms with Crippen molar-refractivity contribution in [2.45, 2.75) is 13.5 Å². The van der Waals surface area contributed by atoms with E-state index >= 15 is 0 Å². The van der Waals surface area contributed by atoms with Crippen molar-refractivity contribution in [2.75, 3.05) is 13.7 Å². The smallest absolute Gasteiger partial charge is 0.338 e. The van der Waals surface area contributed by atoms with E-state index in [0.29, 0.717) is 17.6 Å². The average molecular weight is 420 g/mol. The molecule has 2 aromatic heterocycles. The molecule has 7 heteroatoms.